The number of hydrogen-bond acceptors (Lipinski definition) is 2. The van der Waals surface area contributed by atoms with Gasteiger partial charge in [-0.15, -0.1) is 0 Å². The predicted octanol–water partition coefficient (Wildman–Crippen LogP) is 1.31. The number of nitrogens with one attached hydrogen (secondary N) is 1. The number of hydrogen-bond donors (Lipinski definition) is 1. The molecule has 17 heavy (non-hydrogen) atoms. The summed E-state index contributed by atoms with van der Waals surface area (Å²) in [6, 6.07) is 0. The molecule has 2 fully saturated rings. The lowest BCUT2D eigenvalue weighted by Gasteiger charge is -2.34. The molecular formula is C13H22N2O2. The summed E-state index contributed by atoms with van der Waals surface area (Å²) in [5, 5.41) is 2.65. The van der Waals surface area contributed by atoms with Gasteiger partial charge >= 0.3 is 0 Å². The average molecular weight is 238 g/mol. The maximum atomic E-state index is 11.9. The molecular weight excluding hydrogens is 216 g/mol. The van der Waals surface area contributed by atoms with Crippen molar-refractivity contribution in [3.63, 3.8) is 0 Å². The Balaban J connectivity index is 2.00. The van der Waals surface area contributed by atoms with Crippen LogP contribution >= 0.6 is 0 Å². The van der Waals surface area contributed by atoms with E-state index in [9.17, 15) is 9.59 Å². The second kappa shape index (κ2) is 5.07. The van der Waals surface area contributed by atoms with Gasteiger partial charge in [-0.3, -0.25) is 9.59 Å². The highest BCUT2D eigenvalue weighted by atomic mass is 16.2. The first-order valence-corrected chi connectivity index (χ1v) is 6.70. The van der Waals surface area contributed by atoms with Crippen molar-refractivity contribution < 1.29 is 9.59 Å². The molecule has 1 aliphatic heterocycles. The summed E-state index contributed by atoms with van der Waals surface area (Å²) in [5.41, 5.74) is 0.322. The number of nitrogens with zero attached hydrogens (tertiary/aromatic N) is 1. The Morgan fingerprint density at radius 2 is 2.00 bits per heavy atom. The first-order valence-electron chi connectivity index (χ1n) is 6.70. The Bertz CT molecular complexity index is 309. The molecule has 0 atom stereocenters. The molecule has 1 aliphatic carbocycles. The summed E-state index contributed by atoms with van der Waals surface area (Å²) < 4.78 is 0. The molecule has 1 heterocycles. The van der Waals surface area contributed by atoms with Crippen LogP contribution in [0.5, 0.6) is 0 Å². The molecule has 0 bridgehead atoms. The summed E-state index contributed by atoms with van der Waals surface area (Å²) in [4.78, 5) is 25.1. The van der Waals surface area contributed by atoms with E-state index in [1.54, 1.807) is 0 Å². The van der Waals surface area contributed by atoms with E-state index < -0.39 is 0 Å². The van der Waals surface area contributed by atoms with Crippen molar-refractivity contribution in [3.05, 3.63) is 0 Å². The van der Waals surface area contributed by atoms with Gasteiger partial charge in [0, 0.05) is 19.5 Å². The molecule has 2 amide bonds. The fourth-order valence-corrected chi connectivity index (χ4v) is 3.06. The third kappa shape index (κ3) is 2.79. The van der Waals surface area contributed by atoms with Crippen LogP contribution in [0, 0.1) is 5.41 Å². The fraction of sp³-hybridized carbons (Fsp3) is 0.846. The molecule has 2 rings (SSSR count). The Hall–Kier alpha value is -1.06. The highest BCUT2D eigenvalue weighted by Gasteiger charge is 2.35. The van der Waals surface area contributed by atoms with Crippen LogP contribution in [0.1, 0.15) is 45.4 Å². The molecule has 0 radical (unpaired) electrons. The maximum Gasteiger partial charge on any atom is 0.241 e. The summed E-state index contributed by atoms with van der Waals surface area (Å²) in [6.45, 7) is 3.83. The molecule has 4 heteroatoms. The van der Waals surface area contributed by atoms with E-state index in [-0.39, 0.29) is 18.4 Å². The number of amides is 2. The van der Waals surface area contributed by atoms with E-state index in [1.807, 2.05) is 4.90 Å². The molecule has 2 aliphatic rings. The van der Waals surface area contributed by atoms with Crippen molar-refractivity contribution in [3.8, 4) is 0 Å². The molecule has 1 N–H and O–H groups in total. The van der Waals surface area contributed by atoms with Crippen LogP contribution in [-0.4, -0.2) is 36.3 Å². The van der Waals surface area contributed by atoms with E-state index in [2.05, 4.69) is 12.2 Å². The third-order valence-corrected chi connectivity index (χ3v) is 4.34. The molecule has 96 valence electrons. The minimum absolute atomic E-state index is 0.00202. The molecule has 1 saturated carbocycles. The molecule has 0 spiro atoms. The van der Waals surface area contributed by atoms with Crippen molar-refractivity contribution in [1.82, 2.24) is 10.2 Å². The molecule has 0 aromatic carbocycles. The molecule has 0 aromatic heterocycles. The Morgan fingerprint density at radius 1 is 1.29 bits per heavy atom. The van der Waals surface area contributed by atoms with Gasteiger partial charge in [0.05, 0.1) is 6.54 Å². The van der Waals surface area contributed by atoms with E-state index in [1.165, 1.54) is 25.7 Å². The Kier molecular flexibility index (Phi) is 3.69. The zero-order valence-electron chi connectivity index (χ0n) is 10.6. The molecule has 0 unspecified atom stereocenters. The summed E-state index contributed by atoms with van der Waals surface area (Å²) in [5.74, 6) is 0.0772. The highest BCUT2D eigenvalue weighted by Crippen LogP contribution is 2.41. The summed E-state index contributed by atoms with van der Waals surface area (Å²) in [6.07, 6.45) is 6.62. The van der Waals surface area contributed by atoms with Crippen molar-refractivity contribution in [2.45, 2.75) is 45.4 Å². The number of carbonyl (C=O) groups excluding carboxylic acids is 2. The minimum Gasteiger partial charge on any atom is -0.347 e. The van der Waals surface area contributed by atoms with E-state index in [0.717, 1.165) is 13.0 Å². The van der Waals surface area contributed by atoms with Crippen LogP contribution in [0.3, 0.4) is 0 Å². The van der Waals surface area contributed by atoms with Gasteiger partial charge in [-0.2, -0.15) is 0 Å². The largest absolute Gasteiger partial charge is 0.347 e. The Labute approximate surface area is 103 Å². The van der Waals surface area contributed by atoms with Crippen LogP contribution in [0.2, 0.25) is 0 Å². The van der Waals surface area contributed by atoms with Gasteiger partial charge in [-0.05, 0) is 24.7 Å². The summed E-state index contributed by atoms with van der Waals surface area (Å²) in [7, 11) is 0. The van der Waals surface area contributed by atoms with Gasteiger partial charge < -0.3 is 10.2 Å². The standard InChI is InChI=1S/C13H22N2O2/c1-2-13(6-3-4-7-13)10-15-8-5-11(16)14-9-12(15)17/h2-10H2,1H3,(H,14,16). The Morgan fingerprint density at radius 3 is 2.65 bits per heavy atom. The smallest absolute Gasteiger partial charge is 0.241 e. The van der Waals surface area contributed by atoms with Crippen LogP contribution in [0.4, 0.5) is 0 Å². The fourth-order valence-electron chi connectivity index (χ4n) is 3.06. The van der Waals surface area contributed by atoms with E-state index in [4.69, 9.17) is 0 Å². The SMILES string of the molecule is CCC1(CN2CCC(=O)NCC2=O)CCCC1. The van der Waals surface area contributed by atoms with Crippen LogP contribution < -0.4 is 5.32 Å². The van der Waals surface area contributed by atoms with Crippen LogP contribution in [0.25, 0.3) is 0 Å². The number of rotatable bonds is 3. The van der Waals surface area contributed by atoms with Crippen LogP contribution in [0.15, 0.2) is 0 Å². The summed E-state index contributed by atoms with van der Waals surface area (Å²) >= 11 is 0. The second-order valence-corrected chi connectivity index (χ2v) is 5.40. The minimum atomic E-state index is -0.00202. The van der Waals surface area contributed by atoms with Crippen molar-refractivity contribution in [2.75, 3.05) is 19.6 Å². The average Bonchev–Trinajstić information content (AvgIpc) is 2.74. The van der Waals surface area contributed by atoms with Gasteiger partial charge in [-0.1, -0.05) is 19.8 Å². The third-order valence-electron chi connectivity index (χ3n) is 4.34. The first-order chi connectivity index (χ1) is 8.15. The normalized spacial score (nSPS) is 24.6. The van der Waals surface area contributed by atoms with Gasteiger partial charge in [0.15, 0.2) is 0 Å². The topological polar surface area (TPSA) is 49.4 Å². The maximum absolute atomic E-state index is 11.9. The lowest BCUT2D eigenvalue weighted by molar-refractivity contribution is -0.131. The highest BCUT2D eigenvalue weighted by molar-refractivity contribution is 5.87. The van der Waals surface area contributed by atoms with Crippen molar-refractivity contribution in [2.24, 2.45) is 5.41 Å². The van der Waals surface area contributed by atoms with Gasteiger partial charge in [0.25, 0.3) is 0 Å². The van der Waals surface area contributed by atoms with Crippen molar-refractivity contribution >= 4 is 11.8 Å². The van der Waals surface area contributed by atoms with Crippen molar-refractivity contribution in [1.29, 1.82) is 0 Å². The molecule has 1 saturated heterocycles. The molecule has 0 aromatic rings. The number of carbonyl (C=O) groups is 2. The van der Waals surface area contributed by atoms with Gasteiger partial charge in [0.1, 0.15) is 0 Å². The van der Waals surface area contributed by atoms with E-state index in [0.29, 0.717) is 18.4 Å². The lowest BCUT2D eigenvalue weighted by Crippen LogP contribution is -2.42. The predicted molar refractivity (Wildman–Crippen MR) is 65.4 cm³/mol. The first kappa shape index (κ1) is 12.4. The van der Waals surface area contributed by atoms with Gasteiger partial charge in [-0.25, -0.2) is 0 Å². The lowest BCUT2D eigenvalue weighted by atomic mass is 9.83. The zero-order chi connectivity index (χ0) is 12.3. The van der Waals surface area contributed by atoms with Gasteiger partial charge in [0.2, 0.25) is 11.8 Å². The zero-order valence-corrected chi connectivity index (χ0v) is 10.6. The van der Waals surface area contributed by atoms with E-state index >= 15 is 0 Å². The monoisotopic (exact) mass is 238 g/mol. The quantitative estimate of drug-likeness (QED) is 0.806. The molecule has 4 nitrogen and oxygen atoms in total. The van der Waals surface area contributed by atoms with Crippen LogP contribution in [-0.2, 0) is 9.59 Å². The second-order valence-electron chi connectivity index (χ2n) is 5.40.